The maximum Gasteiger partial charge on any atom is 0.164 e. The van der Waals surface area contributed by atoms with Gasteiger partial charge < -0.3 is 9.47 Å². The van der Waals surface area contributed by atoms with E-state index in [1.807, 2.05) is 0 Å². The zero-order chi connectivity index (χ0) is 15.8. The highest BCUT2D eigenvalue weighted by Crippen LogP contribution is 2.49. The molecule has 1 aliphatic heterocycles. The fourth-order valence-electron chi connectivity index (χ4n) is 4.32. The number of methoxy groups -OCH3 is 2. The van der Waals surface area contributed by atoms with Crippen LogP contribution in [0.1, 0.15) is 22.6 Å². The maximum atomic E-state index is 5.63. The quantitative estimate of drug-likeness (QED) is 0.863. The molecule has 3 heteroatoms. The highest BCUT2D eigenvalue weighted by molar-refractivity contribution is 5.55. The van der Waals surface area contributed by atoms with Crippen LogP contribution in [0.3, 0.4) is 0 Å². The van der Waals surface area contributed by atoms with Crippen molar-refractivity contribution in [3.63, 3.8) is 0 Å². The minimum Gasteiger partial charge on any atom is -0.493 e. The van der Waals surface area contributed by atoms with E-state index in [1.165, 1.54) is 23.2 Å². The fraction of sp³-hybridized carbons (Fsp3) is 0.400. The normalized spacial score (nSPS) is 22.7. The lowest BCUT2D eigenvalue weighted by Gasteiger charge is -2.19. The summed E-state index contributed by atoms with van der Waals surface area (Å²) in [5, 5.41) is 0. The Morgan fingerprint density at radius 3 is 2.57 bits per heavy atom. The minimum atomic E-state index is 0.633. The Labute approximate surface area is 137 Å². The summed E-state index contributed by atoms with van der Waals surface area (Å²) in [6, 6.07) is 15.1. The van der Waals surface area contributed by atoms with Gasteiger partial charge in [0, 0.05) is 31.1 Å². The lowest BCUT2D eigenvalue weighted by Crippen LogP contribution is -2.21. The van der Waals surface area contributed by atoms with E-state index in [2.05, 4.69) is 47.4 Å². The van der Waals surface area contributed by atoms with E-state index in [0.717, 1.165) is 31.0 Å². The number of hydrogen-bond acceptors (Lipinski definition) is 3. The third-order valence-electron chi connectivity index (χ3n) is 5.32. The van der Waals surface area contributed by atoms with E-state index >= 15 is 0 Å². The summed E-state index contributed by atoms with van der Waals surface area (Å²) in [5.74, 6) is 3.13. The van der Waals surface area contributed by atoms with Gasteiger partial charge in [-0.1, -0.05) is 36.4 Å². The van der Waals surface area contributed by atoms with Gasteiger partial charge in [-0.2, -0.15) is 0 Å². The number of benzene rings is 2. The molecule has 0 saturated carbocycles. The molecule has 0 bridgehead atoms. The summed E-state index contributed by atoms with van der Waals surface area (Å²) in [5.41, 5.74) is 4.23. The van der Waals surface area contributed by atoms with Crippen LogP contribution >= 0.6 is 0 Å². The largest absolute Gasteiger partial charge is 0.493 e. The summed E-state index contributed by atoms with van der Waals surface area (Å²) in [4.78, 5) is 2.59. The van der Waals surface area contributed by atoms with Gasteiger partial charge in [-0.15, -0.1) is 0 Å². The van der Waals surface area contributed by atoms with Crippen molar-refractivity contribution < 1.29 is 9.47 Å². The first-order valence-electron chi connectivity index (χ1n) is 8.30. The summed E-state index contributed by atoms with van der Waals surface area (Å²) in [6.45, 7) is 3.36. The molecule has 2 aromatic carbocycles. The molecule has 4 rings (SSSR count). The highest BCUT2D eigenvalue weighted by Gasteiger charge is 2.41. The second-order valence-corrected chi connectivity index (χ2v) is 6.62. The molecule has 0 amide bonds. The van der Waals surface area contributed by atoms with E-state index in [1.54, 1.807) is 14.2 Å². The third-order valence-corrected chi connectivity index (χ3v) is 5.32. The molecule has 2 aromatic rings. The monoisotopic (exact) mass is 309 g/mol. The van der Waals surface area contributed by atoms with Gasteiger partial charge >= 0.3 is 0 Å². The molecule has 1 aliphatic carbocycles. The molecule has 23 heavy (non-hydrogen) atoms. The van der Waals surface area contributed by atoms with Crippen LogP contribution in [0, 0.1) is 5.92 Å². The van der Waals surface area contributed by atoms with Crippen LogP contribution in [-0.4, -0.2) is 32.2 Å². The Hall–Kier alpha value is -2.00. The second kappa shape index (κ2) is 5.89. The molecule has 2 aliphatic rings. The number of hydrogen-bond donors (Lipinski definition) is 0. The molecule has 1 heterocycles. The molecule has 2 atom stereocenters. The number of ether oxygens (including phenoxy) is 2. The van der Waals surface area contributed by atoms with Crippen molar-refractivity contribution >= 4 is 0 Å². The molecule has 3 nitrogen and oxygen atoms in total. The number of nitrogens with zero attached hydrogens (tertiary/aromatic N) is 1. The van der Waals surface area contributed by atoms with Gasteiger partial charge in [-0.25, -0.2) is 0 Å². The zero-order valence-corrected chi connectivity index (χ0v) is 13.8. The van der Waals surface area contributed by atoms with Crippen LogP contribution < -0.4 is 9.47 Å². The standard InChI is InChI=1S/C20H23NO2/c1-22-19-9-8-16-17(20(19)23-2)10-15-12-21(13-18(15)16)11-14-6-4-3-5-7-14/h3-9,15,18H,10-13H2,1-2H3. The Morgan fingerprint density at radius 1 is 1.00 bits per heavy atom. The Balaban J connectivity index is 1.55. The zero-order valence-electron chi connectivity index (χ0n) is 13.8. The molecular weight excluding hydrogens is 286 g/mol. The predicted molar refractivity (Wildman–Crippen MR) is 91.2 cm³/mol. The van der Waals surface area contributed by atoms with Crippen molar-refractivity contribution in [2.75, 3.05) is 27.3 Å². The number of likely N-dealkylation sites (tertiary alicyclic amines) is 1. The van der Waals surface area contributed by atoms with Gasteiger partial charge in [0.1, 0.15) is 0 Å². The Bertz CT molecular complexity index is 698. The van der Waals surface area contributed by atoms with Crippen molar-refractivity contribution in [1.29, 1.82) is 0 Å². The maximum absolute atomic E-state index is 5.63. The van der Waals surface area contributed by atoms with E-state index in [-0.39, 0.29) is 0 Å². The third kappa shape index (κ3) is 2.49. The van der Waals surface area contributed by atoms with Gasteiger partial charge in [0.25, 0.3) is 0 Å². The second-order valence-electron chi connectivity index (χ2n) is 6.62. The first-order valence-corrected chi connectivity index (χ1v) is 8.30. The Morgan fingerprint density at radius 2 is 1.83 bits per heavy atom. The van der Waals surface area contributed by atoms with E-state index in [4.69, 9.17) is 9.47 Å². The smallest absolute Gasteiger partial charge is 0.164 e. The molecule has 0 spiro atoms. The summed E-state index contributed by atoms with van der Waals surface area (Å²) < 4.78 is 11.1. The first-order chi connectivity index (χ1) is 11.3. The summed E-state index contributed by atoms with van der Waals surface area (Å²) >= 11 is 0. The van der Waals surface area contributed by atoms with Gasteiger partial charge in [0.15, 0.2) is 11.5 Å². The van der Waals surface area contributed by atoms with Crippen LogP contribution in [0.4, 0.5) is 0 Å². The van der Waals surface area contributed by atoms with E-state index < -0.39 is 0 Å². The van der Waals surface area contributed by atoms with Gasteiger partial charge in [-0.05, 0) is 29.5 Å². The lowest BCUT2D eigenvalue weighted by atomic mass is 9.96. The van der Waals surface area contributed by atoms with Crippen LogP contribution in [0.15, 0.2) is 42.5 Å². The molecule has 120 valence electrons. The van der Waals surface area contributed by atoms with Gasteiger partial charge in [0.2, 0.25) is 0 Å². The average Bonchev–Trinajstić information content (AvgIpc) is 3.11. The molecule has 0 aromatic heterocycles. The van der Waals surface area contributed by atoms with E-state index in [9.17, 15) is 0 Å². The molecule has 1 saturated heterocycles. The van der Waals surface area contributed by atoms with Gasteiger partial charge in [0.05, 0.1) is 14.2 Å². The predicted octanol–water partition coefficient (Wildman–Crippen LogP) is 3.48. The van der Waals surface area contributed by atoms with Gasteiger partial charge in [-0.3, -0.25) is 4.90 Å². The van der Waals surface area contributed by atoms with Crippen LogP contribution in [-0.2, 0) is 13.0 Å². The van der Waals surface area contributed by atoms with Crippen molar-refractivity contribution in [3.8, 4) is 11.5 Å². The molecule has 2 unspecified atom stereocenters. The lowest BCUT2D eigenvalue weighted by molar-refractivity contribution is 0.312. The highest BCUT2D eigenvalue weighted by atomic mass is 16.5. The molecule has 1 fully saturated rings. The van der Waals surface area contributed by atoms with Crippen LogP contribution in [0.25, 0.3) is 0 Å². The average molecular weight is 309 g/mol. The molecule has 0 N–H and O–H groups in total. The van der Waals surface area contributed by atoms with Crippen molar-refractivity contribution in [3.05, 3.63) is 59.2 Å². The molecular formula is C20H23NO2. The number of fused-ring (bicyclic) bond motifs is 3. The van der Waals surface area contributed by atoms with E-state index in [0.29, 0.717) is 11.8 Å². The minimum absolute atomic E-state index is 0.633. The first kappa shape index (κ1) is 14.6. The molecule has 0 radical (unpaired) electrons. The summed E-state index contributed by atoms with van der Waals surface area (Å²) in [7, 11) is 3.45. The van der Waals surface area contributed by atoms with Crippen LogP contribution in [0.5, 0.6) is 11.5 Å². The van der Waals surface area contributed by atoms with Crippen molar-refractivity contribution in [2.45, 2.75) is 18.9 Å². The SMILES string of the molecule is COc1ccc2c(c1OC)CC1CN(Cc3ccccc3)CC21. The summed E-state index contributed by atoms with van der Waals surface area (Å²) in [6.07, 6.45) is 1.10. The number of rotatable bonds is 4. The van der Waals surface area contributed by atoms with Crippen molar-refractivity contribution in [2.24, 2.45) is 5.92 Å². The topological polar surface area (TPSA) is 21.7 Å². The van der Waals surface area contributed by atoms with Crippen molar-refractivity contribution in [1.82, 2.24) is 4.90 Å². The fourth-order valence-corrected chi connectivity index (χ4v) is 4.32. The Kier molecular flexibility index (Phi) is 3.74. The van der Waals surface area contributed by atoms with Crippen LogP contribution in [0.2, 0.25) is 0 Å².